The molecular weight excluding hydrogens is 274 g/mol. The maximum Gasteiger partial charge on any atom is 0.252 e. The topological polar surface area (TPSA) is 66.1 Å². The van der Waals surface area contributed by atoms with E-state index in [4.69, 9.17) is 0 Å². The number of H-pyrrole nitrogens is 1. The van der Waals surface area contributed by atoms with Crippen molar-refractivity contribution in [1.82, 2.24) is 9.97 Å². The van der Waals surface area contributed by atoms with Gasteiger partial charge >= 0.3 is 0 Å². The third-order valence-corrected chi connectivity index (χ3v) is 3.50. The summed E-state index contributed by atoms with van der Waals surface area (Å²) < 4.78 is 0. The molecule has 0 radical (unpaired) electrons. The van der Waals surface area contributed by atoms with Crippen molar-refractivity contribution in [2.75, 3.05) is 11.4 Å². The van der Waals surface area contributed by atoms with Gasteiger partial charge in [0, 0.05) is 29.8 Å². The molecule has 1 amide bonds. The van der Waals surface area contributed by atoms with Crippen LogP contribution in [0.1, 0.15) is 6.42 Å². The fraction of sp³-hybridized carbons (Fsp3) is 0.214. The Bertz CT molecular complexity index is 699. The molecule has 0 aliphatic carbocycles. The van der Waals surface area contributed by atoms with Gasteiger partial charge in [-0.25, -0.2) is 4.98 Å². The Kier molecular flexibility index (Phi) is 3.31. The predicted octanol–water partition coefficient (Wildman–Crippen LogP) is 1.47. The number of amides is 1. The molecule has 1 saturated heterocycles. The summed E-state index contributed by atoms with van der Waals surface area (Å²) in [6, 6.07) is 10.8. The van der Waals surface area contributed by atoms with Gasteiger partial charge in [-0.15, -0.1) is 0 Å². The first-order valence-corrected chi connectivity index (χ1v) is 6.80. The molecule has 1 unspecified atom stereocenters. The molecule has 0 bridgehead atoms. The zero-order valence-corrected chi connectivity index (χ0v) is 11.5. The average Bonchev–Trinajstić information content (AvgIpc) is 2.78. The van der Waals surface area contributed by atoms with E-state index >= 15 is 0 Å². The van der Waals surface area contributed by atoms with Gasteiger partial charge in [-0.1, -0.05) is 30.3 Å². The minimum atomic E-state index is -0.274. The van der Waals surface area contributed by atoms with E-state index in [0.717, 1.165) is 5.56 Å². The van der Waals surface area contributed by atoms with Crippen LogP contribution in [0.2, 0.25) is 0 Å². The second-order valence-electron chi connectivity index (χ2n) is 4.68. The Hall–Kier alpha value is -2.08. The van der Waals surface area contributed by atoms with Gasteiger partial charge < -0.3 is 0 Å². The molecule has 2 heterocycles. The second-order valence-corrected chi connectivity index (χ2v) is 5.41. The SMILES string of the molecule is O=C1CC(S)CN1c1nc(-c2ccccc2)cc(=O)[nH]1. The van der Waals surface area contributed by atoms with Crippen LogP contribution in [-0.2, 0) is 4.79 Å². The molecule has 1 aliphatic rings. The van der Waals surface area contributed by atoms with Crippen LogP contribution >= 0.6 is 12.6 Å². The van der Waals surface area contributed by atoms with E-state index in [1.54, 1.807) is 0 Å². The number of hydrogen-bond donors (Lipinski definition) is 2. The fourth-order valence-electron chi connectivity index (χ4n) is 2.22. The van der Waals surface area contributed by atoms with Crippen LogP contribution in [0.15, 0.2) is 41.2 Å². The summed E-state index contributed by atoms with van der Waals surface area (Å²) in [5.74, 6) is 0.219. The molecule has 3 rings (SSSR count). The number of nitrogens with zero attached hydrogens (tertiary/aromatic N) is 2. The van der Waals surface area contributed by atoms with Crippen molar-refractivity contribution in [3.05, 3.63) is 46.8 Å². The smallest absolute Gasteiger partial charge is 0.252 e. The largest absolute Gasteiger partial charge is 0.292 e. The Morgan fingerprint density at radius 1 is 1.25 bits per heavy atom. The van der Waals surface area contributed by atoms with Crippen molar-refractivity contribution in [1.29, 1.82) is 0 Å². The zero-order valence-electron chi connectivity index (χ0n) is 10.6. The van der Waals surface area contributed by atoms with E-state index < -0.39 is 0 Å². The molecule has 1 aromatic carbocycles. The van der Waals surface area contributed by atoms with Gasteiger partial charge in [0.25, 0.3) is 5.56 Å². The molecule has 5 nitrogen and oxygen atoms in total. The van der Waals surface area contributed by atoms with Gasteiger partial charge in [-0.3, -0.25) is 19.5 Å². The standard InChI is InChI=1S/C14H13N3O2S/c18-12-7-11(9-4-2-1-3-5-9)15-14(16-12)17-8-10(20)6-13(17)19/h1-5,7,10,20H,6,8H2,(H,15,16,18). The molecule has 2 aromatic rings. The Morgan fingerprint density at radius 2 is 2.00 bits per heavy atom. The summed E-state index contributed by atoms with van der Waals surface area (Å²) in [7, 11) is 0. The van der Waals surface area contributed by atoms with Crippen LogP contribution in [-0.4, -0.2) is 27.7 Å². The summed E-state index contributed by atoms with van der Waals surface area (Å²) in [6.07, 6.45) is 0.363. The fourth-order valence-corrected chi connectivity index (χ4v) is 2.54. The number of carbonyl (C=O) groups is 1. The van der Waals surface area contributed by atoms with Crippen molar-refractivity contribution < 1.29 is 4.79 Å². The average molecular weight is 287 g/mol. The first-order valence-electron chi connectivity index (χ1n) is 6.29. The Morgan fingerprint density at radius 3 is 2.65 bits per heavy atom. The second kappa shape index (κ2) is 5.13. The molecule has 1 aliphatic heterocycles. The zero-order chi connectivity index (χ0) is 14.1. The number of aromatic amines is 1. The lowest BCUT2D eigenvalue weighted by Gasteiger charge is -2.14. The van der Waals surface area contributed by atoms with E-state index in [1.807, 2.05) is 30.3 Å². The van der Waals surface area contributed by atoms with Gasteiger partial charge in [0.15, 0.2) is 0 Å². The number of carbonyl (C=O) groups excluding carboxylic acids is 1. The number of thiol groups is 1. The molecule has 1 aromatic heterocycles. The molecule has 1 atom stereocenters. The maximum atomic E-state index is 11.9. The molecule has 20 heavy (non-hydrogen) atoms. The van der Waals surface area contributed by atoms with Crippen molar-refractivity contribution >= 4 is 24.5 Å². The van der Waals surface area contributed by atoms with Crippen LogP contribution in [0.4, 0.5) is 5.95 Å². The van der Waals surface area contributed by atoms with E-state index in [9.17, 15) is 9.59 Å². The number of hydrogen-bond acceptors (Lipinski definition) is 4. The molecule has 1 fully saturated rings. The van der Waals surface area contributed by atoms with Gasteiger partial charge in [0.05, 0.1) is 5.69 Å². The third-order valence-electron chi connectivity index (χ3n) is 3.16. The highest BCUT2D eigenvalue weighted by molar-refractivity contribution is 7.81. The third kappa shape index (κ3) is 2.46. The summed E-state index contributed by atoms with van der Waals surface area (Å²) in [5, 5.41) is -0.0202. The molecule has 1 N–H and O–H groups in total. The quantitative estimate of drug-likeness (QED) is 0.822. The van der Waals surface area contributed by atoms with Crippen LogP contribution in [0.25, 0.3) is 11.3 Å². The molecule has 6 heteroatoms. The van der Waals surface area contributed by atoms with Crippen LogP contribution in [0.5, 0.6) is 0 Å². The summed E-state index contributed by atoms with van der Waals surface area (Å²) >= 11 is 4.30. The van der Waals surface area contributed by atoms with E-state index in [1.165, 1.54) is 11.0 Å². The van der Waals surface area contributed by atoms with Crippen LogP contribution < -0.4 is 10.5 Å². The number of aromatic nitrogens is 2. The number of anilines is 1. The lowest BCUT2D eigenvalue weighted by Crippen LogP contribution is -2.29. The van der Waals surface area contributed by atoms with Gasteiger partial charge in [-0.2, -0.15) is 12.6 Å². The van der Waals surface area contributed by atoms with Crippen LogP contribution in [0.3, 0.4) is 0 Å². The van der Waals surface area contributed by atoms with Crippen molar-refractivity contribution in [3.63, 3.8) is 0 Å². The predicted molar refractivity (Wildman–Crippen MR) is 80.0 cm³/mol. The minimum absolute atomic E-state index is 0.0202. The molecule has 0 spiro atoms. The Balaban J connectivity index is 2.04. The molecule has 0 saturated carbocycles. The van der Waals surface area contributed by atoms with E-state index in [2.05, 4.69) is 22.6 Å². The van der Waals surface area contributed by atoms with E-state index in [0.29, 0.717) is 18.7 Å². The van der Waals surface area contributed by atoms with Crippen LogP contribution in [0, 0.1) is 0 Å². The summed E-state index contributed by atoms with van der Waals surface area (Å²) in [6.45, 7) is 0.461. The van der Waals surface area contributed by atoms with Crippen molar-refractivity contribution in [2.24, 2.45) is 0 Å². The van der Waals surface area contributed by atoms with E-state index in [-0.39, 0.29) is 22.7 Å². The van der Waals surface area contributed by atoms with Gasteiger partial charge in [0.1, 0.15) is 0 Å². The lowest BCUT2D eigenvalue weighted by atomic mass is 10.1. The first-order chi connectivity index (χ1) is 9.63. The lowest BCUT2D eigenvalue weighted by molar-refractivity contribution is -0.117. The molecular formula is C14H13N3O2S. The highest BCUT2D eigenvalue weighted by atomic mass is 32.1. The van der Waals surface area contributed by atoms with Gasteiger partial charge in [-0.05, 0) is 0 Å². The number of nitrogens with one attached hydrogen (secondary N) is 1. The highest BCUT2D eigenvalue weighted by Gasteiger charge is 2.30. The summed E-state index contributed by atoms with van der Waals surface area (Å²) in [4.78, 5) is 32.1. The monoisotopic (exact) mass is 287 g/mol. The highest BCUT2D eigenvalue weighted by Crippen LogP contribution is 2.22. The van der Waals surface area contributed by atoms with Crippen molar-refractivity contribution in [3.8, 4) is 11.3 Å². The minimum Gasteiger partial charge on any atom is -0.292 e. The van der Waals surface area contributed by atoms with Crippen molar-refractivity contribution in [2.45, 2.75) is 11.7 Å². The normalized spacial score (nSPS) is 18.6. The number of benzene rings is 1. The first kappa shape index (κ1) is 12.9. The summed E-state index contributed by atoms with van der Waals surface area (Å²) in [5.41, 5.74) is 1.12. The van der Waals surface area contributed by atoms with Gasteiger partial charge in [0.2, 0.25) is 11.9 Å². The molecule has 102 valence electrons. The Labute approximate surface area is 121 Å². The maximum absolute atomic E-state index is 11.9. The number of rotatable bonds is 2.